The second kappa shape index (κ2) is 27.9. The van der Waals surface area contributed by atoms with Crippen molar-refractivity contribution in [1.29, 1.82) is 0 Å². The molecule has 0 radical (unpaired) electrons. The van der Waals surface area contributed by atoms with Gasteiger partial charge in [-0.15, -0.1) is 0 Å². The van der Waals surface area contributed by atoms with Crippen LogP contribution in [-0.4, -0.2) is 302 Å². The zero-order chi connectivity index (χ0) is 71.0. The molecule has 5 aliphatic carbocycles. The van der Waals surface area contributed by atoms with Crippen LogP contribution in [0.3, 0.4) is 0 Å². The summed E-state index contributed by atoms with van der Waals surface area (Å²) in [5.41, 5.74) is -2.14. The average molecular weight is 1400 g/mol. The van der Waals surface area contributed by atoms with Crippen LogP contribution in [-0.2, 0) is 66.4 Å². The number of aliphatic hydroxyl groups is 16. The summed E-state index contributed by atoms with van der Waals surface area (Å²) in [6, 6.07) is 0. The van der Waals surface area contributed by atoms with E-state index in [2.05, 4.69) is 54.5 Å². The molecule has 0 aromatic rings. The first-order chi connectivity index (χ1) is 45.3. The number of allylic oxidation sites excluding steroid dienone is 2. The van der Waals surface area contributed by atoms with Crippen molar-refractivity contribution in [3.63, 3.8) is 0 Å². The molecule has 31 nitrogen and oxygen atoms in total. The summed E-state index contributed by atoms with van der Waals surface area (Å²) in [5.74, 6) is -2.61. The van der Waals surface area contributed by atoms with Gasteiger partial charge in [0.25, 0.3) is 0 Å². The number of rotatable bonds is 15. The van der Waals surface area contributed by atoms with Gasteiger partial charge in [0, 0.05) is 0 Å². The van der Waals surface area contributed by atoms with E-state index in [0.717, 1.165) is 12.0 Å². The number of hydrogen-bond donors (Lipinski definition) is 17. The van der Waals surface area contributed by atoms with Crippen molar-refractivity contribution in [2.75, 3.05) is 13.2 Å². The molecule has 31 heteroatoms. The van der Waals surface area contributed by atoms with Crippen LogP contribution in [0.1, 0.15) is 133 Å². The fourth-order valence-electron chi connectivity index (χ4n) is 19.3. The quantitative estimate of drug-likeness (QED) is 0.0436. The van der Waals surface area contributed by atoms with Crippen LogP contribution < -0.4 is 0 Å². The second-order valence-electron chi connectivity index (χ2n) is 31.9. The minimum atomic E-state index is -2.10. The van der Waals surface area contributed by atoms with Gasteiger partial charge in [-0.1, -0.05) is 60.1 Å². The highest BCUT2D eigenvalue weighted by Crippen LogP contribution is 2.76. The monoisotopic (exact) mass is 1390 g/mol. The minimum Gasteiger partial charge on any atom is -0.479 e. The lowest BCUT2D eigenvalue weighted by Crippen LogP contribution is -2.68. The summed E-state index contributed by atoms with van der Waals surface area (Å²) < 4.78 is 72.2. The summed E-state index contributed by atoms with van der Waals surface area (Å²) in [6.45, 7) is 18.0. The Labute approximate surface area is 562 Å². The van der Waals surface area contributed by atoms with Crippen LogP contribution in [0.2, 0.25) is 0 Å². The molecular formula is C66H106O31. The van der Waals surface area contributed by atoms with Crippen molar-refractivity contribution >= 4 is 11.9 Å². The molecule has 6 saturated heterocycles. The lowest BCUT2D eigenvalue weighted by Gasteiger charge is -2.71. The van der Waals surface area contributed by atoms with Gasteiger partial charge in [0.2, 0.25) is 6.29 Å². The third-order valence-electron chi connectivity index (χ3n) is 25.5. The fourth-order valence-corrected chi connectivity index (χ4v) is 19.3. The van der Waals surface area contributed by atoms with E-state index < -0.39 is 232 Å². The Hall–Kier alpha value is -2.40. The molecule has 6 aliphatic heterocycles. The Balaban J connectivity index is 0.813. The van der Waals surface area contributed by atoms with Gasteiger partial charge in [-0.25, -0.2) is 4.79 Å². The highest BCUT2D eigenvalue weighted by atomic mass is 16.8. The van der Waals surface area contributed by atoms with E-state index in [1.165, 1.54) is 20.8 Å². The molecule has 17 N–H and O–H groups in total. The average Bonchev–Trinajstić information content (AvgIpc) is 0.676. The molecule has 0 aromatic carbocycles. The molecule has 6 heterocycles. The first-order valence-corrected chi connectivity index (χ1v) is 34.4. The Morgan fingerprint density at radius 3 is 1.55 bits per heavy atom. The topological polar surface area (TPSA) is 489 Å². The molecule has 11 aliphatic rings. The summed E-state index contributed by atoms with van der Waals surface area (Å²) in [4.78, 5) is 28.3. The lowest BCUT2D eigenvalue weighted by atomic mass is 9.33. The third-order valence-corrected chi connectivity index (χ3v) is 25.5. The zero-order valence-electron chi connectivity index (χ0n) is 56.5. The van der Waals surface area contributed by atoms with Crippen LogP contribution in [0.5, 0.6) is 0 Å². The van der Waals surface area contributed by atoms with E-state index in [-0.39, 0.29) is 34.0 Å². The van der Waals surface area contributed by atoms with Crippen molar-refractivity contribution in [3.8, 4) is 0 Å². The van der Waals surface area contributed by atoms with Gasteiger partial charge in [-0.05, 0) is 130 Å². The maximum Gasteiger partial charge on any atom is 0.335 e. The number of carboxylic acid groups (broad SMARTS) is 1. The molecular weight excluding hydrogens is 1290 g/mol. The number of fused-ring (bicyclic) bond motifs is 7. The Morgan fingerprint density at radius 1 is 0.464 bits per heavy atom. The van der Waals surface area contributed by atoms with Gasteiger partial charge in [-0.3, -0.25) is 4.79 Å². The summed E-state index contributed by atoms with van der Waals surface area (Å²) in [5, 5.41) is 186. The lowest BCUT2D eigenvalue weighted by molar-refractivity contribution is -0.388. The zero-order valence-corrected chi connectivity index (χ0v) is 56.5. The van der Waals surface area contributed by atoms with Crippen LogP contribution in [0.15, 0.2) is 11.6 Å². The molecule has 97 heavy (non-hydrogen) atoms. The number of carboxylic acids is 1. The smallest absolute Gasteiger partial charge is 0.335 e. The summed E-state index contributed by atoms with van der Waals surface area (Å²) >= 11 is 0. The maximum absolute atomic E-state index is 15.6. The molecule has 0 amide bonds. The van der Waals surface area contributed by atoms with E-state index in [1.807, 2.05) is 0 Å². The Bertz CT molecular complexity index is 2800. The highest BCUT2D eigenvalue weighted by Gasteiger charge is 2.71. The largest absolute Gasteiger partial charge is 0.479 e. The Morgan fingerprint density at radius 2 is 0.959 bits per heavy atom. The molecule has 556 valence electrons. The summed E-state index contributed by atoms with van der Waals surface area (Å²) in [6.07, 6.45) is -43.7. The molecule has 0 aromatic heterocycles. The van der Waals surface area contributed by atoms with E-state index in [0.29, 0.717) is 57.8 Å². The van der Waals surface area contributed by atoms with E-state index >= 15 is 4.79 Å². The van der Waals surface area contributed by atoms with Crippen molar-refractivity contribution < 1.29 is 153 Å². The van der Waals surface area contributed by atoms with E-state index in [4.69, 9.17) is 56.8 Å². The van der Waals surface area contributed by atoms with Crippen LogP contribution in [0.4, 0.5) is 0 Å². The number of aliphatic hydroxyl groups excluding tert-OH is 16. The van der Waals surface area contributed by atoms with Crippen LogP contribution >= 0.6 is 0 Å². The molecule has 38 atom stereocenters. The van der Waals surface area contributed by atoms with Gasteiger partial charge >= 0.3 is 11.9 Å². The first-order valence-electron chi connectivity index (χ1n) is 34.4. The fraction of sp³-hybridized carbons (Fsp3) is 0.939. The number of carbonyl (C=O) groups is 2. The van der Waals surface area contributed by atoms with E-state index in [9.17, 15) is 91.6 Å². The second-order valence-corrected chi connectivity index (χ2v) is 31.9. The maximum atomic E-state index is 15.6. The number of carbonyl (C=O) groups excluding carboxylic acids is 1. The predicted octanol–water partition coefficient (Wildman–Crippen LogP) is -3.21. The molecule has 4 saturated carbocycles. The molecule has 11 rings (SSSR count). The van der Waals surface area contributed by atoms with Gasteiger partial charge in [0.05, 0.1) is 43.0 Å². The normalized spacial score (nSPS) is 54.4. The minimum absolute atomic E-state index is 0.0492. The predicted molar refractivity (Wildman–Crippen MR) is 324 cm³/mol. The molecule has 0 spiro atoms. The number of aliphatic carboxylic acids is 1. The van der Waals surface area contributed by atoms with Gasteiger partial charge in [-0.2, -0.15) is 0 Å². The summed E-state index contributed by atoms with van der Waals surface area (Å²) in [7, 11) is 0. The highest BCUT2D eigenvalue weighted by molar-refractivity contribution is 5.79. The first kappa shape index (κ1) is 75.7. The third kappa shape index (κ3) is 12.9. The van der Waals surface area contributed by atoms with Gasteiger partial charge < -0.3 is 144 Å². The molecule has 0 bridgehead atoms. The standard InChI is InChI=1S/C66H106O31/c1-24-34(69)38(73)44(79)54(86-24)92-48-26(3)88-56(46(81)43(48)78)95-51-40(75)36(71)29(22-67)90-58(51)97-60(85)66-19-17-61(4,5)21-28(66)27-11-12-32-63(8)15-14-33(62(6,7)31(63)13-16-65(32,10)64(27,9)18-20-66)91-59-52(42(77)41(76)50(94-59)53(83)84)96-57-47(82)49(37(72)30(23-68)89-57)93-55-45(80)39(74)35(70)25(2)87-55/h11,24-26,28-52,54-59,67-82H,12-23H2,1-10H3,(H,83,84). The van der Waals surface area contributed by atoms with Crippen molar-refractivity contribution in [2.45, 2.75) is 324 Å². The van der Waals surface area contributed by atoms with Gasteiger partial charge in [0.1, 0.15) is 116 Å². The van der Waals surface area contributed by atoms with Gasteiger partial charge in [0.15, 0.2) is 43.7 Å². The van der Waals surface area contributed by atoms with Crippen LogP contribution in [0.25, 0.3) is 0 Å². The van der Waals surface area contributed by atoms with E-state index in [1.54, 1.807) is 0 Å². The molecule has 38 unspecified atom stereocenters. The van der Waals surface area contributed by atoms with Crippen molar-refractivity contribution in [1.82, 2.24) is 0 Å². The molecule has 10 fully saturated rings. The van der Waals surface area contributed by atoms with Crippen LogP contribution in [0, 0.1) is 50.2 Å². The Kier molecular flexibility index (Phi) is 21.8. The number of hydrogen-bond acceptors (Lipinski definition) is 30. The number of ether oxygens (including phenoxy) is 12. The van der Waals surface area contributed by atoms with Crippen molar-refractivity contribution in [3.05, 3.63) is 11.6 Å². The number of esters is 1. The SMILES string of the molecule is CC1OC(OC2C(C)OC(OC3C(OC(=O)C45CCC(C)(C)CC4C4=CCC6C7(C)CCC(OC8OC(C(=O)O)C(O)C(O)C8OC8OC(CO)C(O)C(OC9OC(C)C(O)C(O)C9O)C8O)C(C)(C)C7CCC6(C)C4(C)CC5)OC(CO)C(O)C3O)C(O)C2O)C(O)C(O)C1O. The van der Waals surface area contributed by atoms with Crippen molar-refractivity contribution in [2.24, 2.45) is 50.2 Å².